The second kappa shape index (κ2) is 5.41. The second-order valence-corrected chi connectivity index (χ2v) is 6.81. The van der Waals surface area contributed by atoms with Gasteiger partial charge in [0.05, 0.1) is 11.4 Å². The molecule has 0 spiro atoms. The van der Waals surface area contributed by atoms with Gasteiger partial charge in [0, 0.05) is 4.47 Å². The van der Waals surface area contributed by atoms with E-state index in [1.54, 1.807) is 25.1 Å². The van der Waals surface area contributed by atoms with Gasteiger partial charge in [-0.2, -0.15) is 0 Å². The van der Waals surface area contributed by atoms with Gasteiger partial charge in [0.1, 0.15) is 10.7 Å². The summed E-state index contributed by atoms with van der Waals surface area (Å²) >= 11 is 3.30. The molecule has 2 aromatic rings. The van der Waals surface area contributed by atoms with E-state index in [1.807, 2.05) is 0 Å². The van der Waals surface area contributed by atoms with Crippen LogP contribution in [0.25, 0.3) is 0 Å². The van der Waals surface area contributed by atoms with Gasteiger partial charge < -0.3 is 5.73 Å². The van der Waals surface area contributed by atoms with Crippen LogP contribution in [-0.2, 0) is 10.0 Å². The Kier molecular flexibility index (Phi) is 4.01. The van der Waals surface area contributed by atoms with E-state index >= 15 is 0 Å². The standard InChI is InChI=1S/C13H12BrFN2O2S/c1-8-6-9(14)2-4-12(8)17-20(18,19)13-5-3-10(15)7-11(13)16/h2-7,17H,16H2,1H3. The summed E-state index contributed by atoms with van der Waals surface area (Å²) in [6.07, 6.45) is 0. The third-order valence-electron chi connectivity index (χ3n) is 2.69. The second-order valence-electron chi connectivity index (χ2n) is 4.25. The Hall–Kier alpha value is -1.60. The zero-order valence-electron chi connectivity index (χ0n) is 10.5. The maximum absolute atomic E-state index is 13.0. The van der Waals surface area contributed by atoms with Crippen molar-refractivity contribution in [2.75, 3.05) is 10.5 Å². The van der Waals surface area contributed by atoms with E-state index in [2.05, 4.69) is 20.7 Å². The summed E-state index contributed by atoms with van der Waals surface area (Å²) in [5.74, 6) is -0.582. The van der Waals surface area contributed by atoms with Gasteiger partial charge in [-0.05, 0) is 48.9 Å². The highest BCUT2D eigenvalue weighted by Gasteiger charge is 2.18. The van der Waals surface area contributed by atoms with E-state index < -0.39 is 15.8 Å². The highest BCUT2D eigenvalue weighted by atomic mass is 79.9. The van der Waals surface area contributed by atoms with Crippen molar-refractivity contribution in [3.05, 3.63) is 52.3 Å². The summed E-state index contributed by atoms with van der Waals surface area (Å²) in [4.78, 5) is -0.152. The van der Waals surface area contributed by atoms with Crippen LogP contribution in [0, 0.1) is 12.7 Å². The minimum absolute atomic E-state index is 0.132. The van der Waals surface area contributed by atoms with Crippen LogP contribution in [0.5, 0.6) is 0 Å². The van der Waals surface area contributed by atoms with Gasteiger partial charge in [-0.3, -0.25) is 4.72 Å². The number of nitrogen functional groups attached to an aromatic ring is 1. The van der Waals surface area contributed by atoms with Crippen LogP contribution in [0.3, 0.4) is 0 Å². The summed E-state index contributed by atoms with van der Waals surface area (Å²) in [5, 5.41) is 0. The van der Waals surface area contributed by atoms with Crippen molar-refractivity contribution >= 4 is 37.3 Å². The van der Waals surface area contributed by atoms with Crippen LogP contribution < -0.4 is 10.5 Å². The summed E-state index contributed by atoms with van der Waals surface area (Å²) in [7, 11) is -3.85. The number of anilines is 2. The molecule has 0 aromatic heterocycles. The molecule has 2 aromatic carbocycles. The van der Waals surface area contributed by atoms with Crippen LogP contribution >= 0.6 is 15.9 Å². The number of nitrogens with two attached hydrogens (primary N) is 1. The monoisotopic (exact) mass is 358 g/mol. The Balaban J connectivity index is 2.41. The van der Waals surface area contributed by atoms with Gasteiger partial charge in [-0.25, -0.2) is 12.8 Å². The summed E-state index contributed by atoms with van der Waals surface area (Å²) in [5.41, 5.74) is 6.62. The van der Waals surface area contributed by atoms with E-state index in [-0.39, 0.29) is 10.6 Å². The molecular formula is C13H12BrFN2O2S. The lowest BCUT2D eigenvalue weighted by Gasteiger charge is -2.12. The molecule has 0 unspecified atom stereocenters. The molecule has 0 amide bonds. The maximum atomic E-state index is 13.0. The number of rotatable bonds is 3. The number of hydrogen-bond donors (Lipinski definition) is 2. The lowest BCUT2D eigenvalue weighted by atomic mass is 10.2. The first-order chi connectivity index (χ1) is 9.29. The lowest BCUT2D eigenvalue weighted by molar-refractivity contribution is 0.600. The number of hydrogen-bond acceptors (Lipinski definition) is 3. The molecule has 0 aliphatic heterocycles. The fraction of sp³-hybridized carbons (Fsp3) is 0.0769. The van der Waals surface area contributed by atoms with Crippen molar-refractivity contribution in [1.82, 2.24) is 0 Å². The van der Waals surface area contributed by atoms with Gasteiger partial charge in [0.25, 0.3) is 10.0 Å². The first-order valence-electron chi connectivity index (χ1n) is 5.63. The normalized spacial score (nSPS) is 11.3. The van der Waals surface area contributed by atoms with E-state index in [0.717, 1.165) is 28.2 Å². The van der Waals surface area contributed by atoms with Gasteiger partial charge >= 0.3 is 0 Å². The molecule has 7 heteroatoms. The van der Waals surface area contributed by atoms with Crippen LogP contribution in [0.1, 0.15) is 5.56 Å². The Morgan fingerprint density at radius 1 is 1.20 bits per heavy atom. The molecule has 0 atom stereocenters. The molecule has 4 nitrogen and oxygen atoms in total. The first kappa shape index (κ1) is 14.8. The SMILES string of the molecule is Cc1cc(Br)ccc1NS(=O)(=O)c1ccc(F)cc1N. The smallest absolute Gasteiger partial charge is 0.263 e. The molecule has 0 fully saturated rings. The molecule has 0 heterocycles. The average molecular weight is 359 g/mol. The van der Waals surface area contributed by atoms with Crippen molar-refractivity contribution in [3.63, 3.8) is 0 Å². The fourth-order valence-corrected chi connectivity index (χ4v) is 3.43. The molecule has 0 radical (unpaired) electrons. The number of halogens is 2. The predicted molar refractivity (Wildman–Crippen MR) is 80.5 cm³/mol. The lowest BCUT2D eigenvalue weighted by Crippen LogP contribution is -2.15. The first-order valence-corrected chi connectivity index (χ1v) is 7.91. The molecule has 0 aliphatic rings. The van der Waals surface area contributed by atoms with E-state index in [1.165, 1.54) is 0 Å². The predicted octanol–water partition coefficient (Wildman–Crippen LogP) is 3.28. The molecule has 2 rings (SSSR count). The van der Waals surface area contributed by atoms with E-state index in [0.29, 0.717) is 5.69 Å². The van der Waals surface area contributed by atoms with Crippen molar-refractivity contribution in [3.8, 4) is 0 Å². The van der Waals surface area contributed by atoms with Gasteiger partial charge in [0.2, 0.25) is 0 Å². The number of sulfonamides is 1. The van der Waals surface area contributed by atoms with Crippen molar-refractivity contribution < 1.29 is 12.8 Å². The summed E-state index contributed by atoms with van der Waals surface area (Å²) in [6.45, 7) is 1.77. The largest absolute Gasteiger partial charge is 0.398 e. The zero-order valence-corrected chi connectivity index (χ0v) is 12.9. The molecule has 3 N–H and O–H groups in total. The van der Waals surface area contributed by atoms with E-state index in [4.69, 9.17) is 5.73 Å². The third-order valence-corrected chi connectivity index (χ3v) is 4.63. The van der Waals surface area contributed by atoms with Crippen molar-refractivity contribution in [2.24, 2.45) is 0 Å². The molecule has 106 valence electrons. The topological polar surface area (TPSA) is 72.2 Å². The van der Waals surface area contributed by atoms with Crippen molar-refractivity contribution in [2.45, 2.75) is 11.8 Å². The molecule has 0 saturated carbocycles. The summed E-state index contributed by atoms with van der Waals surface area (Å²) in [6, 6.07) is 8.31. The number of nitrogens with one attached hydrogen (secondary N) is 1. The van der Waals surface area contributed by atoms with Gasteiger partial charge in [-0.15, -0.1) is 0 Å². The van der Waals surface area contributed by atoms with Gasteiger partial charge in [0.15, 0.2) is 0 Å². The maximum Gasteiger partial charge on any atom is 0.263 e. The summed E-state index contributed by atoms with van der Waals surface area (Å²) < 4.78 is 40.7. The molecular weight excluding hydrogens is 347 g/mol. The molecule has 0 saturated heterocycles. The fourth-order valence-electron chi connectivity index (χ4n) is 1.71. The molecule has 0 aliphatic carbocycles. The molecule has 20 heavy (non-hydrogen) atoms. The highest BCUT2D eigenvalue weighted by Crippen LogP contribution is 2.25. The average Bonchev–Trinajstić information content (AvgIpc) is 2.32. The Morgan fingerprint density at radius 2 is 1.90 bits per heavy atom. The minimum Gasteiger partial charge on any atom is -0.398 e. The van der Waals surface area contributed by atoms with Gasteiger partial charge in [-0.1, -0.05) is 15.9 Å². The highest BCUT2D eigenvalue weighted by molar-refractivity contribution is 9.10. The Labute approximate surface area is 125 Å². The van der Waals surface area contributed by atoms with Crippen LogP contribution in [0.2, 0.25) is 0 Å². The van der Waals surface area contributed by atoms with E-state index in [9.17, 15) is 12.8 Å². The quantitative estimate of drug-likeness (QED) is 0.827. The van der Waals surface area contributed by atoms with Crippen LogP contribution in [0.4, 0.5) is 15.8 Å². The number of benzene rings is 2. The third kappa shape index (κ3) is 3.10. The Bertz CT molecular complexity index is 763. The van der Waals surface area contributed by atoms with Crippen LogP contribution in [0.15, 0.2) is 45.8 Å². The van der Waals surface area contributed by atoms with Crippen molar-refractivity contribution in [1.29, 1.82) is 0 Å². The molecule has 0 bridgehead atoms. The minimum atomic E-state index is -3.85. The van der Waals surface area contributed by atoms with Crippen LogP contribution in [-0.4, -0.2) is 8.42 Å². The number of aryl methyl sites for hydroxylation is 1. The Morgan fingerprint density at radius 3 is 2.50 bits per heavy atom. The zero-order chi connectivity index (χ0) is 14.9.